The molecule has 0 aliphatic carbocycles. The number of anilines is 3. The van der Waals surface area contributed by atoms with Gasteiger partial charge in [0.15, 0.2) is 0 Å². The second kappa shape index (κ2) is 11.9. The largest absolute Gasteiger partial charge is 0.416 e. The van der Waals surface area contributed by atoms with E-state index in [1.165, 1.54) is 58.9 Å². The predicted octanol–water partition coefficient (Wildman–Crippen LogP) is 6.03. The summed E-state index contributed by atoms with van der Waals surface area (Å²) in [6, 6.07) is 22.3. The van der Waals surface area contributed by atoms with Crippen molar-refractivity contribution in [1.29, 1.82) is 0 Å². The molecule has 220 valence electrons. The van der Waals surface area contributed by atoms with Gasteiger partial charge in [0.05, 0.1) is 28.9 Å². The van der Waals surface area contributed by atoms with Crippen LogP contribution in [-0.2, 0) is 32.8 Å². The molecule has 0 spiro atoms. The van der Waals surface area contributed by atoms with Crippen LogP contribution in [0, 0.1) is 6.92 Å². The summed E-state index contributed by atoms with van der Waals surface area (Å²) in [7, 11) is -7.84. The van der Waals surface area contributed by atoms with E-state index in [-0.39, 0.29) is 28.4 Å². The highest BCUT2D eigenvalue weighted by Gasteiger charge is 2.30. The van der Waals surface area contributed by atoms with Crippen LogP contribution in [0.3, 0.4) is 0 Å². The molecule has 0 radical (unpaired) electrons. The van der Waals surface area contributed by atoms with E-state index in [9.17, 15) is 34.8 Å². The molecule has 0 saturated heterocycles. The Balaban J connectivity index is 1.45. The number of hydrogen-bond acceptors (Lipinski definition) is 5. The molecule has 1 amide bonds. The van der Waals surface area contributed by atoms with E-state index >= 15 is 0 Å². The maximum absolute atomic E-state index is 13.0. The fraction of sp³-hybridized carbons (Fsp3) is 0.138. The number of benzene rings is 4. The summed E-state index contributed by atoms with van der Waals surface area (Å²) in [6.07, 6.45) is -3.53. The first-order chi connectivity index (χ1) is 19.6. The molecule has 0 aliphatic heterocycles. The highest BCUT2D eigenvalue weighted by Crippen LogP contribution is 2.31. The third-order valence-electron chi connectivity index (χ3n) is 6.26. The van der Waals surface area contributed by atoms with Crippen LogP contribution in [0.1, 0.15) is 27.0 Å². The summed E-state index contributed by atoms with van der Waals surface area (Å²) in [5, 5.41) is 2.63. The Bertz CT molecular complexity index is 1810. The fourth-order valence-corrected chi connectivity index (χ4v) is 5.94. The van der Waals surface area contributed by atoms with Crippen molar-refractivity contribution in [3.63, 3.8) is 0 Å². The normalized spacial score (nSPS) is 12.0. The lowest BCUT2D eigenvalue weighted by molar-refractivity contribution is -0.137. The molecule has 2 N–H and O–H groups in total. The molecule has 0 saturated carbocycles. The first-order valence-corrected chi connectivity index (χ1v) is 15.7. The summed E-state index contributed by atoms with van der Waals surface area (Å²) in [5.74, 6) is -0.524. The standard InChI is InChI=1S/C29H26F3N3O5S2/c1-20-6-3-4-7-22(20)19-35(41(2,37)38)26-14-10-21(11-15-26)28(36)33-24-12-16-27(17-13-24)42(39,40)34-25-9-5-8-23(18-25)29(30,31)32/h3-18,34H,19H2,1-2H3,(H,33,36). The van der Waals surface area contributed by atoms with E-state index in [0.717, 1.165) is 29.5 Å². The van der Waals surface area contributed by atoms with Crippen molar-refractivity contribution in [3.8, 4) is 0 Å². The molecular formula is C29H26F3N3O5S2. The molecule has 0 heterocycles. The number of alkyl halides is 3. The minimum absolute atomic E-state index is 0.120. The molecule has 4 rings (SSSR count). The maximum atomic E-state index is 13.0. The molecule has 0 bridgehead atoms. The highest BCUT2D eigenvalue weighted by atomic mass is 32.2. The van der Waals surface area contributed by atoms with Crippen LogP contribution in [0.25, 0.3) is 0 Å². The smallest absolute Gasteiger partial charge is 0.322 e. The number of nitrogens with one attached hydrogen (secondary N) is 2. The molecule has 0 aliphatic rings. The van der Waals surface area contributed by atoms with Crippen molar-refractivity contribution in [3.05, 3.63) is 119 Å². The van der Waals surface area contributed by atoms with E-state index in [1.807, 2.05) is 31.2 Å². The molecule has 0 fully saturated rings. The molecule has 4 aromatic rings. The number of amides is 1. The Morgan fingerprint density at radius 3 is 2.05 bits per heavy atom. The Labute approximate surface area is 241 Å². The van der Waals surface area contributed by atoms with Gasteiger partial charge >= 0.3 is 6.18 Å². The zero-order valence-electron chi connectivity index (χ0n) is 22.4. The van der Waals surface area contributed by atoms with Crippen LogP contribution in [0.5, 0.6) is 0 Å². The third-order valence-corrected chi connectivity index (χ3v) is 8.80. The van der Waals surface area contributed by atoms with Crippen molar-refractivity contribution in [2.75, 3.05) is 20.6 Å². The molecule has 0 aromatic heterocycles. The minimum atomic E-state index is -4.63. The van der Waals surface area contributed by atoms with Crippen molar-refractivity contribution in [2.45, 2.75) is 24.5 Å². The number of rotatable bonds is 9. The second-order valence-electron chi connectivity index (χ2n) is 9.41. The first-order valence-electron chi connectivity index (χ1n) is 12.4. The fourth-order valence-electron chi connectivity index (χ4n) is 4.02. The van der Waals surface area contributed by atoms with Gasteiger partial charge < -0.3 is 5.32 Å². The summed E-state index contributed by atoms with van der Waals surface area (Å²) in [4.78, 5) is 12.6. The SMILES string of the molecule is Cc1ccccc1CN(c1ccc(C(=O)Nc2ccc(S(=O)(=O)Nc3cccc(C(F)(F)F)c3)cc2)cc1)S(C)(=O)=O. The van der Waals surface area contributed by atoms with Gasteiger partial charge in [0.25, 0.3) is 15.9 Å². The van der Waals surface area contributed by atoms with Crippen LogP contribution in [0.2, 0.25) is 0 Å². The number of nitrogens with zero attached hydrogens (tertiary/aromatic N) is 1. The van der Waals surface area contributed by atoms with Crippen molar-refractivity contribution < 1.29 is 34.8 Å². The Morgan fingerprint density at radius 1 is 0.810 bits per heavy atom. The summed E-state index contributed by atoms with van der Waals surface area (Å²) in [6.45, 7) is 2.01. The van der Waals surface area contributed by atoms with Crippen LogP contribution in [-0.4, -0.2) is 29.0 Å². The van der Waals surface area contributed by atoms with Gasteiger partial charge in [0, 0.05) is 16.9 Å². The average Bonchev–Trinajstić information content (AvgIpc) is 2.92. The van der Waals surface area contributed by atoms with Gasteiger partial charge in [-0.25, -0.2) is 16.8 Å². The van der Waals surface area contributed by atoms with Gasteiger partial charge in [-0.05, 0) is 84.8 Å². The van der Waals surface area contributed by atoms with E-state index < -0.39 is 37.7 Å². The zero-order chi connectivity index (χ0) is 30.7. The number of carbonyl (C=O) groups excluding carboxylic acids is 1. The first kappa shape index (κ1) is 30.6. The van der Waals surface area contributed by atoms with E-state index in [2.05, 4.69) is 10.0 Å². The Hall–Kier alpha value is -4.36. The predicted molar refractivity (Wildman–Crippen MR) is 155 cm³/mol. The van der Waals surface area contributed by atoms with Gasteiger partial charge in [-0.1, -0.05) is 30.3 Å². The van der Waals surface area contributed by atoms with Crippen molar-refractivity contribution in [1.82, 2.24) is 0 Å². The maximum Gasteiger partial charge on any atom is 0.416 e. The molecule has 42 heavy (non-hydrogen) atoms. The van der Waals surface area contributed by atoms with Crippen LogP contribution < -0.4 is 14.3 Å². The molecule has 8 nitrogen and oxygen atoms in total. The number of carbonyl (C=O) groups is 1. The van der Waals surface area contributed by atoms with Crippen LogP contribution in [0.15, 0.2) is 102 Å². The quantitative estimate of drug-likeness (QED) is 0.238. The lowest BCUT2D eigenvalue weighted by Gasteiger charge is -2.23. The Morgan fingerprint density at radius 2 is 1.45 bits per heavy atom. The minimum Gasteiger partial charge on any atom is -0.322 e. The zero-order valence-corrected chi connectivity index (χ0v) is 24.0. The second-order valence-corrected chi connectivity index (χ2v) is 13.0. The van der Waals surface area contributed by atoms with Gasteiger partial charge in [0.2, 0.25) is 10.0 Å². The number of aryl methyl sites for hydroxylation is 1. The Kier molecular flexibility index (Phi) is 8.64. The third kappa shape index (κ3) is 7.47. The number of sulfonamides is 2. The van der Waals surface area contributed by atoms with Crippen molar-refractivity contribution in [2.24, 2.45) is 0 Å². The average molecular weight is 618 g/mol. The van der Waals surface area contributed by atoms with Gasteiger partial charge in [0.1, 0.15) is 0 Å². The lowest BCUT2D eigenvalue weighted by atomic mass is 10.1. The molecule has 0 unspecified atom stereocenters. The molecular weight excluding hydrogens is 591 g/mol. The van der Waals surface area contributed by atoms with Crippen LogP contribution >= 0.6 is 0 Å². The summed E-state index contributed by atoms with van der Waals surface area (Å²) in [5.41, 5.74) is 1.39. The van der Waals surface area contributed by atoms with Crippen molar-refractivity contribution >= 4 is 43.0 Å². The topological polar surface area (TPSA) is 113 Å². The van der Waals surface area contributed by atoms with Gasteiger partial charge in [-0.15, -0.1) is 0 Å². The monoisotopic (exact) mass is 617 g/mol. The molecule has 4 aromatic carbocycles. The van der Waals surface area contributed by atoms with Crippen LogP contribution in [0.4, 0.5) is 30.2 Å². The highest BCUT2D eigenvalue weighted by molar-refractivity contribution is 7.92. The van der Waals surface area contributed by atoms with E-state index in [4.69, 9.17) is 0 Å². The summed E-state index contributed by atoms with van der Waals surface area (Å²) < 4.78 is 92.6. The van der Waals surface area contributed by atoms with E-state index in [1.54, 1.807) is 0 Å². The molecule has 0 atom stereocenters. The van der Waals surface area contributed by atoms with Gasteiger partial charge in [-0.3, -0.25) is 13.8 Å². The van der Waals surface area contributed by atoms with Gasteiger partial charge in [-0.2, -0.15) is 13.2 Å². The summed E-state index contributed by atoms with van der Waals surface area (Å²) >= 11 is 0. The number of hydrogen-bond donors (Lipinski definition) is 2. The van der Waals surface area contributed by atoms with E-state index in [0.29, 0.717) is 11.8 Å². The molecule has 13 heteroatoms. The lowest BCUT2D eigenvalue weighted by Crippen LogP contribution is -2.29. The number of halogens is 3.